The molecule has 3 heteroatoms. The van der Waals surface area contributed by atoms with Gasteiger partial charge in [-0.3, -0.25) is 0 Å². The van der Waals surface area contributed by atoms with Crippen LogP contribution in [0.1, 0.15) is 41.9 Å². The molecule has 0 aliphatic carbocycles. The van der Waals surface area contributed by atoms with E-state index in [2.05, 4.69) is 55.7 Å². The minimum absolute atomic E-state index is 0.256. The van der Waals surface area contributed by atoms with E-state index in [1.54, 1.807) is 18.4 Å². The van der Waals surface area contributed by atoms with Crippen LogP contribution in [0.2, 0.25) is 0 Å². The number of rotatable bonds is 5. The highest BCUT2D eigenvalue weighted by Crippen LogP contribution is 2.29. The van der Waals surface area contributed by atoms with Crippen LogP contribution in [0.3, 0.4) is 0 Å². The Labute approximate surface area is 119 Å². The van der Waals surface area contributed by atoms with Crippen molar-refractivity contribution in [2.24, 2.45) is 0 Å². The molecular formula is C16H21NOS. The molecule has 0 aliphatic heterocycles. The summed E-state index contributed by atoms with van der Waals surface area (Å²) in [5, 5.41) is 5.75. The van der Waals surface area contributed by atoms with Gasteiger partial charge in [0.15, 0.2) is 0 Å². The predicted molar refractivity (Wildman–Crippen MR) is 82.0 cm³/mol. The molecule has 2 nitrogen and oxygen atoms in total. The first kappa shape index (κ1) is 14.1. The Balaban J connectivity index is 2.15. The van der Waals surface area contributed by atoms with Crippen LogP contribution in [0.25, 0.3) is 0 Å². The molecule has 1 N–H and O–H groups in total. The third-order valence-corrected chi connectivity index (χ3v) is 4.38. The number of nitrogens with one attached hydrogen (secondary N) is 1. The van der Waals surface area contributed by atoms with E-state index in [0.717, 1.165) is 5.75 Å². The molecule has 2 aromatic rings. The van der Waals surface area contributed by atoms with Gasteiger partial charge < -0.3 is 10.1 Å². The van der Waals surface area contributed by atoms with E-state index in [1.807, 2.05) is 6.07 Å². The molecule has 2 unspecified atom stereocenters. The SMILES string of the molecule is COc1ccc(C)cc1C(C)NC(C)c1cccs1. The number of hydrogen-bond acceptors (Lipinski definition) is 3. The van der Waals surface area contributed by atoms with Gasteiger partial charge in [0, 0.05) is 22.5 Å². The Morgan fingerprint density at radius 3 is 2.58 bits per heavy atom. The molecule has 0 saturated carbocycles. The summed E-state index contributed by atoms with van der Waals surface area (Å²) in [7, 11) is 1.73. The molecule has 0 bridgehead atoms. The third kappa shape index (κ3) is 3.37. The van der Waals surface area contributed by atoms with E-state index in [0.29, 0.717) is 6.04 Å². The van der Waals surface area contributed by atoms with Gasteiger partial charge in [-0.2, -0.15) is 0 Å². The predicted octanol–water partition coefficient (Wildman–Crippen LogP) is 4.48. The van der Waals surface area contributed by atoms with Gasteiger partial charge >= 0.3 is 0 Å². The lowest BCUT2D eigenvalue weighted by Crippen LogP contribution is -2.22. The van der Waals surface area contributed by atoms with Gasteiger partial charge in [0.2, 0.25) is 0 Å². The van der Waals surface area contributed by atoms with Crippen molar-refractivity contribution >= 4 is 11.3 Å². The average Bonchev–Trinajstić information content (AvgIpc) is 2.92. The number of methoxy groups -OCH3 is 1. The van der Waals surface area contributed by atoms with Crippen molar-refractivity contribution < 1.29 is 4.74 Å². The molecule has 1 aromatic carbocycles. The van der Waals surface area contributed by atoms with Crippen LogP contribution in [0.5, 0.6) is 5.75 Å². The third-order valence-electron chi connectivity index (χ3n) is 3.32. The molecule has 2 atom stereocenters. The van der Waals surface area contributed by atoms with Crippen LogP contribution in [-0.4, -0.2) is 7.11 Å². The first-order valence-electron chi connectivity index (χ1n) is 6.55. The van der Waals surface area contributed by atoms with Crippen LogP contribution in [0, 0.1) is 6.92 Å². The molecule has 2 rings (SSSR count). The van der Waals surface area contributed by atoms with Gasteiger partial charge in [-0.15, -0.1) is 11.3 Å². The largest absolute Gasteiger partial charge is 0.496 e. The zero-order valence-corrected chi connectivity index (χ0v) is 12.8. The zero-order chi connectivity index (χ0) is 13.8. The van der Waals surface area contributed by atoms with Crippen LogP contribution >= 0.6 is 11.3 Å². The summed E-state index contributed by atoms with van der Waals surface area (Å²) in [5.74, 6) is 0.948. The maximum absolute atomic E-state index is 5.46. The number of aryl methyl sites for hydroxylation is 1. The highest BCUT2D eigenvalue weighted by Gasteiger charge is 2.15. The van der Waals surface area contributed by atoms with E-state index >= 15 is 0 Å². The summed E-state index contributed by atoms with van der Waals surface area (Å²) in [5.41, 5.74) is 2.47. The summed E-state index contributed by atoms with van der Waals surface area (Å²) in [4.78, 5) is 1.36. The van der Waals surface area contributed by atoms with E-state index in [1.165, 1.54) is 16.0 Å². The zero-order valence-electron chi connectivity index (χ0n) is 11.9. The molecule has 0 spiro atoms. The summed E-state index contributed by atoms with van der Waals surface area (Å²) in [6.07, 6.45) is 0. The summed E-state index contributed by atoms with van der Waals surface area (Å²) in [6.45, 7) is 6.49. The number of ether oxygens (including phenoxy) is 1. The van der Waals surface area contributed by atoms with Crippen LogP contribution in [-0.2, 0) is 0 Å². The molecule has 102 valence electrons. The lowest BCUT2D eigenvalue weighted by Gasteiger charge is -2.21. The topological polar surface area (TPSA) is 21.3 Å². The first-order chi connectivity index (χ1) is 9.11. The highest BCUT2D eigenvalue weighted by molar-refractivity contribution is 7.10. The molecule has 19 heavy (non-hydrogen) atoms. The molecule has 0 fully saturated rings. The minimum atomic E-state index is 0.256. The Kier molecular flexibility index (Phi) is 4.61. The van der Waals surface area contributed by atoms with Gasteiger partial charge in [-0.05, 0) is 38.3 Å². The van der Waals surface area contributed by atoms with Crippen molar-refractivity contribution in [2.45, 2.75) is 32.9 Å². The molecule has 0 saturated heterocycles. The maximum atomic E-state index is 5.46. The fourth-order valence-corrected chi connectivity index (χ4v) is 3.02. The van der Waals surface area contributed by atoms with Gasteiger partial charge in [0.1, 0.15) is 5.75 Å². The van der Waals surface area contributed by atoms with Gasteiger partial charge in [-0.1, -0.05) is 23.8 Å². The smallest absolute Gasteiger partial charge is 0.123 e. The second kappa shape index (κ2) is 6.22. The molecule has 0 radical (unpaired) electrons. The summed E-state index contributed by atoms with van der Waals surface area (Å²) >= 11 is 1.79. The fourth-order valence-electron chi connectivity index (χ4n) is 2.28. The first-order valence-corrected chi connectivity index (χ1v) is 7.43. The number of thiophene rings is 1. The molecular weight excluding hydrogens is 254 g/mol. The Bertz CT molecular complexity index is 522. The van der Waals surface area contributed by atoms with Gasteiger partial charge in [0.25, 0.3) is 0 Å². The average molecular weight is 275 g/mol. The van der Waals surface area contributed by atoms with Gasteiger partial charge in [-0.25, -0.2) is 0 Å². The van der Waals surface area contributed by atoms with E-state index in [9.17, 15) is 0 Å². The number of benzene rings is 1. The van der Waals surface area contributed by atoms with Crippen molar-refractivity contribution in [3.63, 3.8) is 0 Å². The van der Waals surface area contributed by atoms with Crippen LogP contribution < -0.4 is 10.1 Å². The van der Waals surface area contributed by atoms with Crippen LogP contribution in [0.4, 0.5) is 0 Å². The highest BCUT2D eigenvalue weighted by atomic mass is 32.1. The summed E-state index contributed by atoms with van der Waals surface area (Å²) in [6, 6.07) is 11.2. The Morgan fingerprint density at radius 1 is 1.16 bits per heavy atom. The molecule has 0 amide bonds. The summed E-state index contributed by atoms with van der Waals surface area (Å²) < 4.78 is 5.46. The lowest BCUT2D eigenvalue weighted by atomic mass is 10.0. The monoisotopic (exact) mass is 275 g/mol. The molecule has 1 aromatic heterocycles. The van der Waals surface area contributed by atoms with Crippen molar-refractivity contribution in [1.29, 1.82) is 0 Å². The normalized spacial score (nSPS) is 14.1. The molecule has 0 aliphatic rings. The van der Waals surface area contributed by atoms with Gasteiger partial charge in [0.05, 0.1) is 7.11 Å². The van der Waals surface area contributed by atoms with Crippen molar-refractivity contribution in [3.05, 3.63) is 51.7 Å². The Hall–Kier alpha value is -1.32. The number of hydrogen-bond donors (Lipinski definition) is 1. The van der Waals surface area contributed by atoms with Crippen molar-refractivity contribution in [3.8, 4) is 5.75 Å². The fraction of sp³-hybridized carbons (Fsp3) is 0.375. The lowest BCUT2D eigenvalue weighted by molar-refractivity contribution is 0.397. The van der Waals surface area contributed by atoms with Crippen molar-refractivity contribution in [2.75, 3.05) is 7.11 Å². The van der Waals surface area contributed by atoms with E-state index < -0.39 is 0 Å². The standard InChI is InChI=1S/C16H21NOS/c1-11-7-8-15(18-4)14(10-11)12(2)17-13(3)16-6-5-9-19-16/h5-10,12-13,17H,1-4H3. The second-order valence-electron chi connectivity index (χ2n) is 4.87. The van der Waals surface area contributed by atoms with E-state index in [-0.39, 0.29) is 6.04 Å². The van der Waals surface area contributed by atoms with Crippen LogP contribution in [0.15, 0.2) is 35.7 Å². The minimum Gasteiger partial charge on any atom is -0.496 e. The quantitative estimate of drug-likeness (QED) is 0.869. The maximum Gasteiger partial charge on any atom is 0.123 e. The molecule has 1 heterocycles. The Morgan fingerprint density at radius 2 is 1.95 bits per heavy atom. The second-order valence-corrected chi connectivity index (χ2v) is 5.85. The van der Waals surface area contributed by atoms with E-state index in [4.69, 9.17) is 4.74 Å². The van der Waals surface area contributed by atoms with Crippen molar-refractivity contribution in [1.82, 2.24) is 5.32 Å².